The number of hydrogen-bond donors (Lipinski definition) is 2. The topological polar surface area (TPSA) is 110 Å². The van der Waals surface area contributed by atoms with Gasteiger partial charge in [-0.2, -0.15) is 0 Å². The fourth-order valence-corrected chi connectivity index (χ4v) is 11.8. The highest BCUT2D eigenvalue weighted by Gasteiger charge is 2.36. The Morgan fingerprint density at radius 1 is 0.785 bits per heavy atom. The van der Waals surface area contributed by atoms with Crippen LogP contribution >= 0.6 is 34.5 Å². The lowest BCUT2D eigenvalue weighted by Crippen LogP contribution is -2.55. The van der Waals surface area contributed by atoms with E-state index >= 15 is 0 Å². The number of carboxylic acids is 1. The second kappa shape index (κ2) is 17.5. The van der Waals surface area contributed by atoms with E-state index in [0.717, 1.165) is 127 Å². The van der Waals surface area contributed by atoms with E-state index < -0.39 is 11.6 Å². The normalized spacial score (nSPS) is 18.7. The van der Waals surface area contributed by atoms with Crippen LogP contribution in [0.4, 0.5) is 11.4 Å². The van der Waals surface area contributed by atoms with E-state index in [2.05, 4.69) is 98.8 Å². The lowest BCUT2D eigenvalue weighted by molar-refractivity contribution is -0.0173. The van der Waals surface area contributed by atoms with Gasteiger partial charge in [0.05, 0.1) is 26.9 Å². The Morgan fingerprint density at radius 3 is 2.12 bits per heavy atom. The second-order valence-corrected chi connectivity index (χ2v) is 20.2. The zero-order chi connectivity index (χ0) is 45.1. The molecule has 1 atom stereocenters. The van der Waals surface area contributed by atoms with Gasteiger partial charge in [0.15, 0.2) is 5.82 Å². The van der Waals surface area contributed by atoms with E-state index in [1.807, 2.05) is 37.3 Å². The number of nitrogens with zero attached hydrogens (tertiary/aromatic N) is 7. The molecular formula is C52H53Cl2N7O3S. The van der Waals surface area contributed by atoms with Crippen molar-refractivity contribution < 1.29 is 15.0 Å². The first-order valence-electron chi connectivity index (χ1n) is 22.7. The summed E-state index contributed by atoms with van der Waals surface area (Å²) in [4.78, 5) is 25.7. The first-order chi connectivity index (χ1) is 31.3. The maximum atomic E-state index is 11.9. The van der Waals surface area contributed by atoms with Gasteiger partial charge in [-0.25, -0.2) is 4.79 Å². The number of anilines is 2. The number of carbonyl (C=O) groups is 1. The van der Waals surface area contributed by atoms with Crippen LogP contribution in [0.25, 0.3) is 16.1 Å². The monoisotopic (exact) mass is 925 g/mol. The van der Waals surface area contributed by atoms with Gasteiger partial charge < -0.3 is 20.0 Å². The van der Waals surface area contributed by atoms with Crippen molar-refractivity contribution in [1.29, 1.82) is 0 Å². The number of piperazine rings is 1. The third-order valence-electron chi connectivity index (χ3n) is 14.0. The van der Waals surface area contributed by atoms with E-state index in [1.165, 1.54) is 33.0 Å². The third kappa shape index (κ3) is 8.31. The average Bonchev–Trinajstić information content (AvgIpc) is 3.71. The van der Waals surface area contributed by atoms with E-state index in [1.54, 1.807) is 17.4 Å². The summed E-state index contributed by atoms with van der Waals surface area (Å²) < 4.78 is 2.18. The maximum absolute atomic E-state index is 11.9. The molecule has 2 fully saturated rings. The summed E-state index contributed by atoms with van der Waals surface area (Å²) in [5, 5.41) is 32.7. The fourth-order valence-electron chi connectivity index (χ4n) is 10.3. The van der Waals surface area contributed by atoms with Crippen LogP contribution in [-0.2, 0) is 6.42 Å². The molecule has 4 aliphatic rings. The highest BCUT2D eigenvalue weighted by molar-refractivity contribution is 7.15. The summed E-state index contributed by atoms with van der Waals surface area (Å²) in [6.07, 6.45) is 3.94. The first-order valence-corrected chi connectivity index (χ1v) is 24.2. The molecule has 0 bridgehead atoms. The lowest BCUT2D eigenvalue weighted by Gasteiger charge is -2.44. The minimum Gasteiger partial charge on any atom is -0.478 e. The predicted molar refractivity (Wildman–Crippen MR) is 264 cm³/mol. The van der Waals surface area contributed by atoms with Crippen molar-refractivity contribution in [2.24, 2.45) is 4.99 Å². The molecule has 1 aliphatic carbocycles. The maximum Gasteiger partial charge on any atom is 0.335 e. The molecule has 2 saturated heterocycles. The number of carboxylic acid groups (broad SMARTS) is 1. The molecule has 2 N–H and O–H groups in total. The number of piperidine rings is 1. The zero-order valence-electron chi connectivity index (χ0n) is 37.2. The van der Waals surface area contributed by atoms with Crippen molar-refractivity contribution in [3.63, 3.8) is 0 Å². The molecule has 13 heteroatoms. The summed E-state index contributed by atoms with van der Waals surface area (Å²) in [7, 11) is 0. The van der Waals surface area contributed by atoms with Crippen LogP contribution in [-0.4, -0.2) is 93.0 Å². The Hall–Kier alpha value is -5.30. The summed E-state index contributed by atoms with van der Waals surface area (Å²) >= 11 is 14.7. The molecule has 6 aromatic rings. The van der Waals surface area contributed by atoms with Crippen LogP contribution in [0.5, 0.6) is 0 Å². The number of aliphatic hydroxyl groups is 1. The standard InChI is InChI=1S/C52H53Cl2N7O3S/c1-31-33(3)65-50-46(31)48(55-32(2)49-57-56-34(4)61(49)50)36-10-16-40(17-11-36)59-22-20-52(64,21-23-59)30-58-24-26-60(27-25-58)41-14-8-35(9-15-41)47-42(38-13-19-44(53)45(54)29-38)7-5-6-37-28-39(51(62)63)12-18-43(37)47/h8-19,28-29,32,64H,5-7,20-27,30H2,1-4H3,(H,62,63)/t32-/m0/s1. The van der Waals surface area contributed by atoms with Gasteiger partial charge >= 0.3 is 5.97 Å². The smallest absolute Gasteiger partial charge is 0.335 e. The van der Waals surface area contributed by atoms with Gasteiger partial charge in [0, 0.05) is 73.2 Å². The first kappa shape index (κ1) is 43.6. The molecular weight excluding hydrogens is 874 g/mol. The Kier molecular flexibility index (Phi) is 11.7. The highest BCUT2D eigenvalue weighted by atomic mass is 35.5. The molecule has 3 aliphatic heterocycles. The van der Waals surface area contributed by atoms with Crippen molar-refractivity contribution in [3.8, 4) is 5.00 Å². The molecule has 10 rings (SSSR count). The molecule has 0 amide bonds. The van der Waals surface area contributed by atoms with Gasteiger partial charge in [-0.1, -0.05) is 59.6 Å². The Bertz CT molecular complexity index is 2870. The van der Waals surface area contributed by atoms with Gasteiger partial charge in [0.1, 0.15) is 16.9 Å². The average molecular weight is 927 g/mol. The van der Waals surface area contributed by atoms with Gasteiger partial charge in [0.25, 0.3) is 0 Å². The van der Waals surface area contributed by atoms with E-state index in [4.69, 9.17) is 28.2 Å². The largest absolute Gasteiger partial charge is 0.478 e. The molecule has 4 aromatic carbocycles. The molecule has 0 saturated carbocycles. The minimum atomic E-state index is -0.919. The summed E-state index contributed by atoms with van der Waals surface area (Å²) in [6, 6.07) is 28.8. The number of rotatable bonds is 8. The third-order valence-corrected chi connectivity index (χ3v) is 16.0. The summed E-state index contributed by atoms with van der Waals surface area (Å²) in [5.74, 6) is 0.834. The van der Waals surface area contributed by atoms with Crippen molar-refractivity contribution in [3.05, 3.63) is 156 Å². The molecule has 5 heterocycles. The minimum absolute atomic E-state index is 0.121. The van der Waals surface area contributed by atoms with Crippen molar-refractivity contribution in [2.45, 2.75) is 71.4 Å². The van der Waals surface area contributed by atoms with Crippen molar-refractivity contribution in [1.82, 2.24) is 19.7 Å². The van der Waals surface area contributed by atoms with E-state index in [9.17, 15) is 15.0 Å². The number of aromatic carboxylic acids is 1. The van der Waals surface area contributed by atoms with E-state index in [-0.39, 0.29) is 6.04 Å². The molecule has 0 unspecified atom stereocenters. The summed E-state index contributed by atoms with van der Waals surface area (Å²) in [5.41, 5.74) is 12.9. The molecule has 10 nitrogen and oxygen atoms in total. The quantitative estimate of drug-likeness (QED) is 0.155. The second-order valence-electron chi connectivity index (χ2n) is 18.1. The number of benzene rings is 4. The number of aryl methyl sites for hydroxylation is 3. The van der Waals surface area contributed by atoms with Crippen molar-refractivity contribution >= 4 is 68.7 Å². The SMILES string of the molecule is Cc1sc2c(c1C)C(c1ccc(N3CCC(O)(CN4CCN(c5ccc(C6=C(c7ccc(Cl)c(Cl)c7)CCCc7cc(C(=O)O)ccc76)cc5)CC4)CC3)cc1)=N[C@@H](C)c1nnc(C)n1-2. The van der Waals surface area contributed by atoms with Gasteiger partial charge in [-0.15, -0.1) is 21.5 Å². The molecule has 0 radical (unpaired) electrons. The van der Waals surface area contributed by atoms with E-state index in [0.29, 0.717) is 22.2 Å². The van der Waals surface area contributed by atoms with Gasteiger partial charge in [0.2, 0.25) is 0 Å². The fraction of sp³-hybridized carbons (Fsp3) is 0.346. The number of aromatic nitrogens is 3. The Morgan fingerprint density at radius 2 is 1.45 bits per heavy atom. The Labute approximate surface area is 394 Å². The number of halogens is 2. The van der Waals surface area contributed by atoms with Crippen LogP contribution in [0.1, 0.15) is 104 Å². The van der Waals surface area contributed by atoms with Crippen LogP contribution in [0.2, 0.25) is 10.0 Å². The molecule has 334 valence electrons. The highest BCUT2D eigenvalue weighted by Crippen LogP contribution is 2.43. The number of fused-ring (bicyclic) bond motifs is 4. The Balaban J connectivity index is 0.785. The molecule has 2 aromatic heterocycles. The molecule has 65 heavy (non-hydrogen) atoms. The summed E-state index contributed by atoms with van der Waals surface area (Å²) in [6.45, 7) is 14.3. The van der Waals surface area contributed by atoms with Crippen molar-refractivity contribution in [2.75, 3.05) is 55.6 Å². The number of aliphatic imine (C=N–C) groups is 1. The van der Waals surface area contributed by atoms with Gasteiger partial charge in [-0.05, 0) is 147 Å². The number of hydrogen-bond acceptors (Lipinski definition) is 9. The zero-order valence-corrected chi connectivity index (χ0v) is 39.6. The van der Waals surface area contributed by atoms with Gasteiger partial charge in [-0.3, -0.25) is 14.5 Å². The molecule has 0 spiro atoms. The number of thiophene rings is 1. The van der Waals surface area contributed by atoms with Crippen LogP contribution in [0.15, 0.2) is 89.9 Å². The van der Waals surface area contributed by atoms with Crippen LogP contribution < -0.4 is 9.80 Å². The van der Waals surface area contributed by atoms with Crippen LogP contribution in [0.3, 0.4) is 0 Å². The predicted octanol–water partition coefficient (Wildman–Crippen LogP) is 10.6. The van der Waals surface area contributed by atoms with Crippen LogP contribution in [0, 0.1) is 20.8 Å². The number of allylic oxidation sites excluding steroid dienone is 1. The number of β-amino-alcohol motifs (C(OH)–C–C–N with tert-alkyl or cyclic N) is 1. The lowest BCUT2D eigenvalue weighted by atomic mass is 9.87.